The zero-order valence-electron chi connectivity index (χ0n) is 18.3. The lowest BCUT2D eigenvalue weighted by Gasteiger charge is -2.33. The van der Waals surface area contributed by atoms with Gasteiger partial charge < -0.3 is 10.6 Å². The number of carbonyl (C=O) groups excluding carboxylic acids is 5. The Morgan fingerprint density at radius 1 is 1.09 bits per heavy atom. The van der Waals surface area contributed by atoms with Crippen molar-refractivity contribution in [1.29, 1.82) is 5.26 Å². The normalized spacial score (nSPS) is 29.2. The van der Waals surface area contributed by atoms with E-state index in [0.717, 1.165) is 17.7 Å². The van der Waals surface area contributed by atoms with E-state index in [2.05, 4.69) is 23.0 Å². The van der Waals surface area contributed by atoms with Crippen molar-refractivity contribution >= 4 is 29.8 Å². The van der Waals surface area contributed by atoms with E-state index in [0.29, 0.717) is 34.9 Å². The first-order valence-corrected chi connectivity index (χ1v) is 10.7. The van der Waals surface area contributed by atoms with Crippen molar-refractivity contribution in [2.45, 2.75) is 50.6 Å². The van der Waals surface area contributed by atoms with Gasteiger partial charge in [-0.1, -0.05) is 19.1 Å². The number of benzene rings is 1. The predicted molar refractivity (Wildman–Crippen MR) is 113 cm³/mol. The van der Waals surface area contributed by atoms with Gasteiger partial charge in [-0.05, 0) is 56.2 Å². The number of carbonyl (C=O) groups is 5. The fraction of sp³-hybridized carbons (Fsp3) is 0.455. The summed E-state index contributed by atoms with van der Waals surface area (Å²) in [5.41, 5.74) is 0.637. The van der Waals surface area contributed by atoms with E-state index < -0.39 is 47.4 Å². The van der Waals surface area contributed by atoms with Crippen molar-refractivity contribution in [2.24, 2.45) is 5.92 Å². The summed E-state index contributed by atoms with van der Waals surface area (Å²) in [6, 6.07) is 6.61. The molecule has 1 spiro atoms. The Hall–Kier alpha value is -3.94. The first-order chi connectivity index (χ1) is 15.6. The summed E-state index contributed by atoms with van der Waals surface area (Å²) in [4.78, 5) is 64.1. The largest absolute Gasteiger partial charge is 0.344 e. The molecule has 3 aliphatic rings. The van der Waals surface area contributed by atoms with Crippen LogP contribution in [0, 0.1) is 17.2 Å². The molecular weight excluding hydrogens is 428 g/mol. The summed E-state index contributed by atoms with van der Waals surface area (Å²) in [7, 11) is 0. The maximum atomic E-state index is 13.0. The van der Waals surface area contributed by atoms with Crippen molar-refractivity contribution < 1.29 is 24.0 Å². The number of imide groups is 2. The van der Waals surface area contributed by atoms with Gasteiger partial charge in [-0.3, -0.25) is 24.7 Å². The predicted octanol–water partition coefficient (Wildman–Crippen LogP) is 0.857. The summed E-state index contributed by atoms with van der Waals surface area (Å²) in [5, 5.41) is 14.8. The number of urea groups is 2. The maximum absolute atomic E-state index is 13.0. The van der Waals surface area contributed by atoms with Crippen molar-refractivity contribution in [2.75, 3.05) is 6.54 Å². The Bertz CT molecular complexity index is 1090. The van der Waals surface area contributed by atoms with Crippen LogP contribution < -0.4 is 16.1 Å². The molecule has 0 aromatic heterocycles. The van der Waals surface area contributed by atoms with E-state index >= 15 is 0 Å². The highest BCUT2D eigenvalue weighted by atomic mass is 16.2. The SMILES string of the molecule is CC1CCC2(CC1)NC(=O)N(NC(=O)CN1C(=O)NC(C)(c3ccc(C#N)cc3)C1=O)C2=O. The quantitative estimate of drug-likeness (QED) is 0.576. The molecule has 33 heavy (non-hydrogen) atoms. The van der Waals surface area contributed by atoms with Crippen LogP contribution in [-0.4, -0.2) is 51.8 Å². The zero-order valence-corrected chi connectivity index (χ0v) is 18.3. The highest BCUT2D eigenvalue weighted by Gasteiger charge is 2.54. The van der Waals surface area contributed by atoms with Crippen molar-refractivity contribution in [3.63, 3.8) is 0 Å². The second-order valence-electron chi connectivity index (χ2n) is 9.01. The molecule has 1 unspecified atom stereocenters. The molecule has 11 heteroatoms. The monoisotopic (exact) mass is 452 g/mol. The van der Waals surface area contributed by atoms with Crippen LogP contribution in [0.15, 0.2) is 24.3 Å². The molecule has 7 amide bonds. The fourth-order valence-corrected chi connectivity index (χ4v) is 4.53. The molecule has 2 saturated heterocycles. The topological polar surface area (TPSA) is 152 Å². The summed E-state index contributed by atoms with van der Waals surface area (Å²) in [6.07, 6.45) is 2.54. The van der Waals surface area contributed by atoms with E-state index in [1.54, 1.807) is 12.1 Å². The maximum Gasteiger partial charge on any atom is 0.344 e. The van der Waals surface area contributed by atoms with Gasteiger partial charge >= 0.3 is 12.1 Å². The number of hydrazine groups is 1. The number of nitrogens with one attached hydrogen (secondary N) is 3. The van der Waals surface area contributed by atoms with E-state index in [4.69, 9.17) is 5.26 Å². The molecule has 1 atom stereocenters. The van der Waals surface area contributed by atoms with Gasteiger partial charge in [-0.25, -0.2) is 9.59 Å². The molecule has 1 aromatic carbocycles. The van der Waals surface area contributed by atoms with Crippen LogP contribution in [-0.2, 0) is 19.9 Å². The lowest BCUT2D eigenvalue weighted by Crippen LogP contribution is -2.53. The third-order valence-corrected chi connectivity index (χ3v) is 6.69. The standard InChI is InChI=1S/C22H24N6O5/c1-13-7-9-22(10-8-13)18(31)28(20(33)25-22)26-16(29)12-27-17(30)21(2,24-19(27)32)15-5-3-14(11-23)4-6-15/h3-6,13H,7-10,12H2,1-2H3,(H,24,32)(H,25,33)(H,26,29). The van der Waals surface area contributed by atoms with Crippen LogP contribution in [0.3, 0.4) is 0 Å². The zero-order chi connectivity index (χ0) is 24.0. The molecule has 0 bridgehead atoms. The molecule has 1 saturated carbocycles. The molecule has 4 rings (SSSR count). The van der Waals surface area contributed by atoms with Crippen LogP contribution in [0.25, 0.3) is 0 Å². The third-order valence-electron chi connectivity index (χ3n) is 6.69. The Morgan fingerprint density at radius 3 is 2.33 bits per heavy atom. The lowest BCUT2D eigenvalue weighted by atomic mass is 9.77. The van der Waals surface area contributed by atoms with Crippen LogP contribution >= 0.6 is 0 Å². The summed E-state index contributed by atoms with van der Waals surface area (Å²) < 4.78 is 0. The fourth-order valence-electron chi connectivity index (χ4n) is 4.53. The van der Waals surface area contributed by atoms with Gasteiger partial charge in [0.2, 0.25) is 0 Å². The minimum absolute atomic E-state index is 0.397. The first-order valence-electron chi connectivity index (χ1n) is 10.7. The molecule has 2 heterocycles. The van der Waals surface area contributed by atoms with Crippen LogP contribution in [0.5, 0.6) is 0 Å². The minimum atomic E-state index is -1.42. The molecule has 1 aromatic rings. The van der Waals surface area contributed by atoms with E-state index in [1.165, 1.54) is 19.1 Å². The second-order valence-corrected chi connectivity index (χ2v) is 9.01. The minimum Gasteiger partial charge on any atom is -0.322 e. The number of nitriles is 1. The Kier molecular flexibility index (Phi) is 5.32. The number of hydrogen-bond acceptors (Lipinski definition) is 6. The van der Waals surface area contributed by atoms with Crippen molar-refractivity contribution in [1.82, 2.24) is 26.0 Å². The van der Waals surface area contributed by atoms with Crippen LogP contribution in [0.1, 0.15) is 50.7 Å². The van der Waals surface area contributed by atoms with Gasteiger partial charge in [-0.2, -0.15) is 10.3 Å². The number of hydrogen-bond donors (Lipinski definition) is 3. The highest BCUT2D eigenvalue weighted by molar-refractivity contribution is 6.10. The third kappa shape index (κ3) is 3.67. The Balaban J connectivity index is 1.44. The molecular formula is C22H24N6O5. The van der Waals surface area contributed by atoms with Gasteiger partial charge in [0.15, 0.2) is 0 Å². The van der Waals surface area contributed by atoms with Gasteiger partial charge in [0.25, 0.3) is 17.7 Å². The molecule has 2 aliphatic heterocycles. The average molecular weight is 452 g/mol. The van der Waals surface area contributed by atoms with Gasteiger partial charge in [0.05, 0.1) is 11.6 Å². The molecule has 3 N–H and O–H groups in total. The van der Waals surface area contributed by atoms with Crippen LogP contribution in [0.2, 0.25) is 0 Å². The summed E-state index contributed by atoms with van der Waals surface area (Å²) in [5.74, 6) is -1.60. The van der Waals surface area contributed by atoms with Crippen molar-refractivity contribution in [3.05, 3.63) is 35.4 Å². The number of rotatable bonds is 4. The summed E-state index contributed by atoms with van der Waals surface area (Å²) >= 11 is 0. The van der Waals surface area contributed by atoms with E-state index in [1.807, 2.05) is 6.07 Å². The van der Waals surface area contributed by atoms with E-state index in [-0.39, 0.29) is 0 Å². The average Bonchev–Trinajstić information content (AvgIpc) is 3.15. The smallest absolute Gasteiger partial charge is 0.322 e. The number of amides is 7. The molecule has 0 radical (unpaired) electrons. The van der Waals surface area contributed by atoms with Gasteiger partial charge in [0.1, 0.15) is 17.6 Å². The van der Waals surface area contributed by atoms with Gasteiger partial charge in [0, 0.05) is 0 Å². The van der Waals surface area contributed by atoms with Crippen LogP contribution in [0.4, 0.5) is 9.59 Å². The Labute approximate surface area is 190 Å². The molecule has 11 nitrogen and oxygen atoms in total. The Morgan fingerprint density at radius 2 is 1.73 bits per heavy atom. The van der Waals surface area contributed by atoms with Gasteiger partial charge in [-0.15, -0.1) is 0 Å². The molecule has 172 valence electrons. The molecule has 3 fully saturated rings. The lowest BCUT2D eigenvalue weighted by molar-refractivity contribution is -0.141. The number of nitrogens with zero attached hydrogens (tertiary/aromatic N) is 3. The molecule has 1 aliphatic carbocycles. The second kappa shape index (κ2) is 7.88. The van der Waals surface area contributed by atoms with Crippen molar-refractivity contribution in [3.8, 4) is 6.07 Å². The van der Waals surface area contributed by atoms with E-state index in [9.17, 15) is 24.0 Å². The highest BCUT2D eigenvalue weighted by Crippen LogP contribution is 2.36. The first kappa shape index (κ1) is 22.3. The summed E-state index contributed by atoms with van der Waals surface area (Å²) in [6.45, 7) is 2.91.